The Balaban J connectivity index is 1.48. The molecule has 2 heterocycles. The molecule has 0 spiro atoms. The van der Waals surface area contributed by atoms with Crippen molar-refractivity contribution in [1.82, 2.24) is 9.88 Å². The Bertz CT molecular complexity index is 866. The first-order valence-electron chi connectivity index (χ1n) is 8.86. The van der Waals surface area contributed by atoms with E-state index in [1.54, 1.807) is 17.0 Å². The molecule has 1 aliphatic carbocycles. The van der Waals surface area contributed by atoms with Crippen LogP contribution in [0, 0.1) is 10.8 Å². The average molecular weight is 359 g/mol. The number of oxazole rings is 1. The summed E-state index contributed by atoms with van der Waals surface area (Å²) in [5, 5.41) is 2.92. The largest absolute Gasteiger partial charge is 0.429 e. The van der Waals surface area contributed by atoms with Crippen LogP contribution in [0.25, 0.3) is 11.1 Å². The van der Waals surface area contributed by atoms with E-state index in [2.05, 4.69) is 10.3 Å². The topological polar surface area (TPSA) is 78.3 Å². The molecule has 1 saturated carbocycles. The molecule has 1 aliphatic heterocycles. The van der Waals surface area contributed by atoms with Crippen LogP contribution < -0.4 is 5.32 Å². The molecular weight excluding hydrogens is 338 g/mol. The standard InChI is InChI=1S/C18H21N3O3S/c22-16(19-12-7-8-13-15(10-12)24-18(25)20-13)14-6-3-9-21(14)17(23)11-4-1-2-5-11/h7-8,10-11,14H,1-6,9H2,(H,19,22)(H,20,25). The summed E-state index contributed by atoms with van der Waals surface area (Å²) >= 11 is 4.97. The summed E-state index contributed by atoms with van der Waals surface area (Å²) in [5.41, 5.74) is 2.05. The molecule has 7 heteroatoms. The van der Waals surface area contributed by atoms with Gasteiger partial charge in [0, 0.05) is 24.2 Å². The molecule has 1 aromatic heterocycles. The lowest BCUT2D eigenvalue weighted by Gasteiger charge is -2.26. The molecule has 25 heavy (non-hydrogen) atoms. The second kappa shape index (κ2) is 6.63. The number of hydrogen-bond acceptors (Lipinski definition) is 4. The number of aromatic amines is 1. The Labute approximate surface area is 150 Å². The molecule has 132 valence electrons. The molecule has 6 nitrogen and oxygen atoms in total. The molecule has 1 saturated heterocycles. The zero-order valence-corrected chi connectivity index (χ0v) is 14.7. The normalized spacial score (nSPS) is 21.1. The Morgan fingerprint density at radius 3 is 2.80 bits per heavy atom. The second-order valence-corrected chi connectivity index (χ2v) is 7.26. The van der Waals surface area contributed by atoms with Gasteiger partial charge >= 0.3 is 0 Å². The van der Waals surface area contributed by atoms with Crippen molar-refractivity contribution >= 4 is 40.8 Å². The van der Waals surface area contributed by atoms with Crippen molar-refractivity contribution in [3.63, 3.8) is 0 Å². The van der Waals surface area contributed by atoms with E-state index < -0.39 is 0 Å². The van der Waals surface area contributed by atoms with Crippen molar-refractivity contribution in [3.05, 3.63) is 23.0 Å². The predicted octanol–water partition coefficient (Wildman–Crippen LogP) is 3.61. The summed E-state index contributed by atoms with van der Waals surface area (Å²) in [6, 6.07) is 5.00. The number of fused-ring (bicyclic) bond motifs is 1. The summed E-state index contributed by atoms with van der Waals surface area (Å²) in [6.45, 7) is 0.679. The van der Waals surface area contributed by atoms with Crippen molar-refractivity contribution in [1.29, 1.82) is 0 Å². The summed E-state index contributed by atoms with van der Waals surface area (Å²) in [4.78, 5) is 30.5. The first-order valence-corrected chi connectivity index (χ1v) is 9.27. The number of nitrogens with one attached hydrogen (secondary N) is 2. The van der Waals surface area contributed by atoms with Crippen LogP contribution in [0.2, 0.25) is 0 Å². The average Bonchev–Trinajstić information content (AvgIpc) is 3.33. The molecule has 2 fully saturated rings. The number of aromatic nitrogens is 1. The maximum absolute atomic E-state index is 12.7. The number of benzene rings is 1. The molecule has 1 aromatic carbocycles. The van der Waals surface area contributed by atoms with Gasteiger partial charge in [0.15, 0.2) is 5.58 Å². The fourth-order valence-corrected chi connectivity index (χ4v) is 4.16. The van der Waals surface area contributed by atoms with Crippen molar-refractivity contribution in [2.24, 2.45) is 5.92 Å². The molecular formula is C18H21N3O3S. The Hall–Kier alpha value is -2.15. The Morgan fingerprint density at radius 1 is 1.20 bits per heavy atom. The molecule has 1 unspecified atom stereocenters. The number of likely N-dealkylation sites (tertiary alicyclic amines) is 1. The van der Waals surface area contributed by atoms with Gasteiger partial charge in [-0.05, 0) is 50.0 Å². The molecule has 2 N–H and O–H groups in total. The molecule has 1 atom stereocenters. The summed E-state index contributed by atoms with van der Waals surface area (Å²) in [6.07, 6.45) is 5.75. The van der Waals surface area contributed by atoms with Crippen LogP contribution in [0.3, 0.4) is 0 Å². The third kappa shape index (κ3) is 3.20. The zero-order valence-electron chi connectivity index (χ0n) is 13.9. The van der Waals surface area contributed by atoms with E-state index in [1.165, 1.54) is 0 Å². The van der Waals surface area contributed by atoms with Gasteiger partial charge in [0.25, 0.3) is 4.84 Å². The SMILES string of the molecule is O=C(Nc1ccc2[nH]c(=S)oc2c1)C1CCCN1C(=O)C1CCCC1. The van der Waals surface area contributed by atoms with Gasteiger partial charge in [-0.15, -0.1) is 0 Å². The quantitative estimate of drug-likeness (QED) is 0.821. The first-order chi connectivity index (χ1) is 12.1. The third-order valence-electron chi connectivity index (χ3n) is 5.23. The molecule has 0 radical (unpaired) electrons. The second-order valence-electron chi connectivity index (χ2n) is 6.89. The van der Waals surface area contributed by atoms with Crippen LogP contribution in [-0.2, 0) is 9.59 Å². The minimum atomic E-state index is -0.374. The van der Waals surface area contributed by atoms with Crippen molar-refractivity contribution in [2.45, 2.75) is 44.6 Å². The van der Waals surface area contributed by atoms with Crippen LogP contribution in [0.1, 0.15) is 38.5 Å². The number of hydrogen-bond donors (Lipinski definition) is 2. The van der Waals surface area contributed by atoms with E-state index in [1.807, 2.05) is 6.07 Å². The van der Waals surface area contributed by atoms with Crippen LogP contribution in [0.4, 0.5) is 5.69 Å². The highest BCUT2D eigenvalue weighted by atomic mass is 32.1. The minimum absolute atomic E-state index is 0.105. The number of carbonyl (C=O) groups excluding carboxylic acids is 2. The lowest BCUT2D eigenvalue weighted by Crippen LogP contribution is -2.45. The van der Waals surface area contributed by atoms with Gasteiger partial charge in [0.05, 0.1) is 5.52 Å². The summed E-state index contributed by atoms with van der Waals surface area (Å²) in [7, 11) is 0. The maximum atomic E-state index is 12.7. The van der Waals surface area contributed by atoms with Gasteiger partial charge in [0.2, 0.25) is 11.8 Å². The van der Waals surface area contributed by atoms with Gasteiger partial charge in [-0.2, -0.15) is 0 Å². The van der Waals surface area contributed by atoms with Gasteiger partial charge < -0.3 is 19.6 Å². The Kier molecular flexibility index (Phi) is 4.33. The van der Waals surface area contributed by atoms with Gasteiger partial charge in [-0.3, -0.25) is 9.59 Å². The number of H-pyrrole nitrogens is 1. The number of carbonyl (C=O) groups is 2. The van der Waals surface area contributed by atoms with Gasteiger partial charge in [0.1, 0.15) is 6.04 Å². The molecule has 4 rings (SSSR count). The number of amides is 2. The van der Waals surface area contributed by atoms with E-state index in [0.717, 1.165) is 44.0 Å². The van der Waals surface area contributed by atoms with Crippen molar-refractivity contribution < 1.29 is 14.0 Å². The zero-order chi connectivity index (χ0) is 17.4. The summed E-state index contributed by atoms with van der Waals surface area (Å²) in [5.74, 6) is 0.133. The minimum Gasteiger partial charge on any atom is -0.429 e. The van der Waals surface area contributed by atoms with Crippen molar-refractivity contribution in [3.8, 4) is 0 Å². The summed E-state index contributed by atoms with van der Waals surface area (Å²) < 4.78 is 5.39. The predicted molar refractivity (Wildman–Crippen MR) is 96.7 cm³/mol. The molecule has 2 aromatic rings. The first kappa shape index (κ1) is 16.3. The number of nitrogens with zero attached hydrogens (tertiary/aromatic N) is 1. The van der Waals surface area contributed by atoms with Crippen LogP contribution in [-0.4, -0.2) is 34.3 Å². The third-order valence-corrected chi connectivity index (χ3v) is 5.42. The van der Waals surface area contributed by atoms with Crippen LogP contribution in [0.15, 0.2) is 22.6 Å². The van der Waals surface area contributed by atoms with Crippen LogP contribution >= 0.6 is 12.2 Å². The lowest BCUT2D eigenvalue weighted by molar-refractivity contribution is -0.140. The van der Waals surface area contributed by atoms with Crippen molar-refractivity contribution in [2.75, 3.05) is 11.9 Å². The number of rotatable bonds is 3. The van der Waals surface area contributed by atoms with Gasteiger partial charge in [-0.1, -0.05) is 12.8 Å². The monoisotopic (exact) mass is 359 g/mol. The molecule has 2 amide bonds. The fourth-order valence-electron chi connectivity index (χ4n) is 3.96. The highest BCUT2D eigenvalue weighted by Gasteiger charge is 2.37. The van der Waals surface area contributed by atoms with E-state index in [-0.39, 0.29) is 23.8 Å². The van der Waals surface area contributed by atoms with E-state index in [0.29, 0.717) is 22.7 Å². The van der Waals surface area contributed by atoms with E-state index in [9.17, 15) is 9.59 Å². The maximum Gasteiger partial charge on any atom is 0.266 e. The fraction of sp³-hybridized carbons (Fsp3) is 0.500. The van der Waals surface area contributed by atoms with Crippen LogP contribution in [0.5, 0.6) is 0 Å². The van der Waals surface area contributed by atoms with Gasteiger partial charge in [-0.25, -0.2) is 0 Å². The lowest BCUT2D eigenvalue weighted by atomic mass is 10.1. The number of anilines is 1. The highest BCUT2D eigenvalue weighted by molar-refractivity contribution is 7.71. The highest BCUT2D eigenvalue weighted by Crippen LogP contribution is 2.30. The molecule has 2 aliphatic rings. The smallest absolute Gasteiger partial charge is 0.266 e. The molecule has 0 bridgehead atoms. The Morgan fingerprint density at radius 2 is 2.00 bits per heavy atom. The van der Waals surface area contributed by atoms with E-state index >= 15 is 0 Å². The van der Waals surface area contributed by atoms with E-state index in [4.69, 9.17) is 16.6 Å².